The van der Waals surface area contributed by atoms with E-state index in [1.807, 2.05) is 6.92 Å². The Bertz CT molecular complexity index is 738. The second kappa shape index (κ2) is 5.55. The molecule has 20 heavy (non-hydrogen) atoms. The highest BCUT2D eigenvalue weighted by molar-refractivity contribution is 7.88. The zero-order valence-corrected chi connectivity index (χ0v) is 11.9. The van der Waals surface area contributed by atoms with Crippen molar-refractivity contribution >= 4 is 21.6 Å². The van der Waals surface area contributed by atoms with Gasteiger partial charge in [0.05, 0.1) is 12.5 Å². The first-order valence-corrected chi connectivity index (χ1v) is 7.80. The van der Waals surface area contributed by atoms with Crippen molar-refractivity contribution in [3.63, 3.8) is 0 Å². The molecule has 0 aliphatic heterocycles. The Hall–Kier alpha value is -2.00. The van der Waals surface area contributed by atoms with Gasteiger partial charge in [0.15, 0.2) is 5.65 Å². The number of aryl methyl sites for hydroxylation is 1. The summed E-state index contributed by atoms with van der Waals surface area (Å²) in [6, 6.07) is 1.79. The van der Waals surface area contributed by atoms with Crippen LogP contribution in [-0.2, 0) is 10.0 Å². The van der Waals surface area contributed by atoms with Crippen LogP contribution in [0.2, 0.25) is 0 Å². The number of carbonyl (C=O) groups is 1. The van der Waals surface area contributed by atoms with Gasteiger partial charge in [-0.2, -0.15) is 5.10 Å². The number of nitrogens with one attached hydrogen (secondary N) is 2. The number of hydrogen-bond donors (Lipinski definition) is 2. The van der Waals surface area contributed by atoms with Gasteiger partial charge in [-0.15, -0.1) is 0 Å². The summed E-state index contributed by atoms with van der Waals surface area (Å²) in [4.78, 5) is 16.2. The van der Waals surface area contributed by atoms with Crippen LogP contribution in [0.5, 0.6) is 0 Å². The lowest BCUT2D eigenvalue weighted by atomic mass is 10.3. The highest BCUT2D eigenvalue weighted by atomic mass is 32.2. The van der Waals surface area contributed by atoms with Gasteiger partial charge in [-0.05, 0) is 13.0 Å². The molecule has 0 saturated carbocycles. The van der Waals surface area contributed by atoms with Gasteiger partial charge >= 0.3 is 0 Å². The molecule has 0 bridgehead atoms. The van der Waals surface area contributed by atoms with Crippen LogP contribution < -0.4 is 10.0 Å². The maximum Gasteiger partial charge on any atom is 0.256 e. The van der Waals surface area contributed by atoms with Crippen molar-refractivity contribution in [3.05, 3.63) is 29.7 Å². The molecule has 1 amide bonds. The van der Waals surface area contributed by atoms with Crippen molar-refractivity contribution in [2.45, 2.75) is 6.92 Å². The van der Waals surface area contributed by atoms with Crippen LogP contribution in [0.25, 0.3) is 5.65 Å². The van der Waals surface area contributed by atoms with Crippen LogP contribution >= 0.6 is 0 Å². The summed E-state index contributed by atoms with van der Waals surface area (Å²) >= 11 is 0. The molecule has 2 heterocycles. The standard InChI is InChI=1S/C11H15N5O3S/c1-8-3-6-16-10(15-8)9(7-13-16)11(17)12-4-5-14-20(2,18)19/h3,6-7,14H,4-5H2,1-2H3,(H,12,17). The Kier molecular flexibility index (Phi) is 4.00. The van der Waals surface area contributed by atoms with Gasteiger partial charge in [-0.25, -0.2) is 22.6 Å². The number of nitrogens with zero attached hydrogens (tertiary/aromatic N) is 3. The molecule has 0 aromatic carbocycles. The van der Waals surface area contributed by atoms with Crippen LogP contribution in [0.3, 0.4) is 0 Å². The van der Waals surface area contributed by atoms with E-state index in [1.54, 1.807) is 12.3 Å². The second-order valence-electron chi connectivity index (χ2n) is 4.32. The van der Waals surface area contributed by atoms with Crippen molar-refractivity contribution in [1.29, 1.82) is 0 Å². The average Bonchev–Trinajstić information content (AvgIpc) is 2.76. The largest absolute Gasteiger partial charge is 0.351 e. The third kappa shape index (κ3) is 3.52. The lowest BCUT2D eigenvalue weighted by Gasteiger charge is -2.04. The lowest BCUT2D eigenvalue weighted by molar-refractivity contribution is 0.0955. The lowest BCUT2D eigenvalue weighted by Crippen LogP contribution is -2.34. The molecule has 108 valence electrons. The molecule has 0 fully saturated rings. The Morgan fingerprint density at radius 1 is 1.40 bits per heavy atom. The second-order valence-corrected chi connectivity index (χ2v) is 6.15. The number of sulfonamides is 1. The van der Waals surface area contributed by atoms with Crippen LogP contribution in [0.4, 0.5) is 0 Å². The van der Waals surface area contributed by atoms with Gasteiger partial charge in [0.25, 0.3) is 5.91 Å². The Balaban J connectivity index is 2.03. The minimum Gasteiger partial charge on any atom is -0.351 e. The summed E-state index contributed by atoms with van der Waals surface area (Å²) in [7, 11) is -3.25. The molecule has 2 N–H and O–H groups in total. The Morgan fingerprint density at radius 3 is 2.85 bits per heavy atom. The quantitative estimate of drug-likeness (QED) is 0.711. The fourth-order valence-electron chi connectivity index (χ4n) is 1.63. The van der Waals surface area contributed by atoms with E-state index in [4.69, 9.17) is 0 Å². The summed E-state index contributed by atoms with van der Waals surface area (Å²) in [6.07, 6.45) is 4.22. The van der Waals surface area contributed by atoms with E-state index < -0.39 is 10.0 Å². The number of hydrogen-bond acceptors (Lipinski definition) is 5. The highest BCUT2D eigenvalue weighted by Gasteiger charge is 2.13. The molecular formula is C11H15N5O3S. The summed E-state index contributed by atoms with van der Waals surface area (Å²) in [6.45, 7) is 2.15. The zero-order valence-electron chi connectivity index (χ0n) is 11.1. The molecule has 2 aromatic rings. The molecular weight excluding hydrogens is 282 g/mol. The summed E-state index contributed by atoms with van der Waals surface area (Å²) in [5.41, 5.74) is 1.61. The molecule has 0 aliphatic rings. The van der Waals surface area contributed by atoms with E-state index in [9.17, 15) is 13.2 Å². The molecule has 0 atom stereocenters. The molecule has 0 spiro atoms. The van der Waals surface area contributed by atoms with E-state index in [2.05, 4.69) is 20.1 Å². The predicted molar refractivity (Wildman–Crippen MR) is 72.9 cm³/mol. The third-order valence-corrected chi connectivity index (χ3v) is 3.26. The average molecular weight is 297 g/mol. The van der Waals surface area contributed by atoms with E-state index in [-0.39, 0.29) is 19.0 Å². The maximum atomic E-state index is 12.0. The molecule has 8 nitrogen and oxygen atoms in total. The summed E-state index contributed by atoms with van der Waals surface area (Å²) in [5.74, 6) is -0.339. The first-order valence-electron chi connectivity index (χ1n) is 5.90. The minimum atomic E-state index is -3.25. The van der Waals surface area contributed by atoms with E-state index >= 15 is 0 Å². The van der Waals surface area contributed by atoms with E-state index in [1.165, 1.54) is 10.7 Å². The fourth-order valence-corrected chi connectivity index (χ4v) is 2.10. The van der Waals surface area contributed by atoms with Gasteiger partial charge in [-0.3, -0.25) is 4.79 Å². The van der Waals surface area contributed by atoms with Gasteiger partial charge in [0, 0.05) is 25.0 Å². The molecule has 0 radical (unpaired) electrons. The molecule has 2 aromatic heterocycles. The molecule has 0 unspecified atom stereocenters. The highest BCUT2D eigenvalue weighted by Crippen LogP contribution is 2.08. The zero-order chi connectivity index (χ0) is 14.8. The summed E-state index contributed by atoms with van der Waals surface area (Å²) < 4.78 is 25.5. The minimum absolute atomic E-state index is 0.135. The maximum absolute atomic E-state index is 12.0. The SMILES string of the molecule is Cc1ccn2ncc(C(=O)NCCNS(C)(=O)=O)c2n1. The Morgan fingerprint density at radius 2 is 2.15 bits per heavy atom. The first-order chi connectivity index (χ1) is 9.37. The monoisotopic (exact) mass is 297 g/mol. The van der Waals surface area contributed by atoms with Crippen LogP contribution in [-0.4, -0.2) is 48.3 Å². The smallest absolute Gasteiger partial charge is 0.256 e. The number of rotatable bonds is 5. The summed E-state index contributed by atoms with van der Waals surface area (Å²) in [5, 5.41) is 6.64. The van der Waals surface area contributed by atoms with Crippen molar-refractivity contribution < 1.29 is 13.2 Å². The number of aromatic nitrogens is 3. The number of fused-ring (bicyclic) bond motifs is 1. The van der Waals surface area contributed by atoms with Crippen LogP contribution in [0, 0.1) is 6.92 Å². The molecule has 9 heteroatoms. The van der Waals surface area contributed by atoms with Gasteiger partial charge in [0.2, 0.25) is 10.0 Å². The first kappa shape index (κ1) is 14.4. The van der Waals surface area contributed by atoms with E-state index in [0.717, 1.165) is 11.9 Å². The van der Waals surface area contributed by atoms with Crippen molar-refractivity contribution in [3.8, 4) is 0 Å². The number of amides is 1. The number of carbonyl (C=O) groups excluding carboxylic acids is 1. The van der Waals surface area contributed by atoms with Crippen molar-refractivity contribution in [2.24, 2.45) is 0 Å². The molecule has 2 rings (SSSR count). The van der Waals surface area contributed by atoms with Gasteiger partial charge in [0.1, 0.15) is 5.56 Å². The Labute approximate surface area is 116 Å². The van der Waals surface area contributed by atoms with Crippen molar-refractivity contribution in [1.82, 2.24) is 24.6 Å². The molecule has 0 aliphatic carbocycles. The normalized spacial score (nSPS) is 11.7. The van der Waals surface area contributed by atoms with Crippen LogP contribution in [0.1, 0.15) is 16.1 Å². The predicted octanol–water partition coefficient (Wildman–Crippen LogP) is -0.683. The molecule has 0 saturated heterocycles. The van der Waals surface area contributed by atoms with Crippen LogP contribution in [0.15, 0.2) is 18.5 Å². The topological polar surface area (TPSA) is 105 Å². The van der Waals surface area contributed by atoms with Gasteiger partial charge in [-0.1, -0.05) is 0 Å². The van der Waals surface area contributed by atoms with E-state index in [0.29, 0.717) is 11.2 Å². The van der Waals surface area contributed by atoms with Crippen molar-refractivity contribution in [2.75, 3.05) is 19.3 Å². The fraction of sp³-hybridized carbons (Fsp3) is 0.364. The third-order valence-electron chi connectivity index (χ3n) is 2.53. The van der Waals surface area contributed by atoms with Gasteiger partial charge < -0.3 is 5.32 Å².